The van der Waals surface area contributed by atoms with Gasteiger partial charge in [-0.05, 0) is 30.3 Å². The molecule has 0 aromatic heterocycles. The van der Waals surface area contributed by atoms with E-state index in [2.05, 4.69) is 0 Å². The quantitative estimate of drug-likeness (QED) is 0.854. The molecule has 0 fully saturated rings. The zero-order valence-corrected chi connectivity index (χ0v) is 11.1. The average Bonchev–Trinajstić information content (AvgIpc) is 2.53. The normalized spacial score (nSPS) is 9.60. The Balaban J connectivity index is 2.00. The van der Waals surface area contributed by atoms with E-state index in [1.807, 2.05) is 24.3 Å². The largest absolute Gasteiger partial charge is 0.484 e. The predicted molar refractivity (Wildman–Crippen MR) is 76.5 cm³/mol. The Labute approximate surface area is 117 Å². The van der Waals surface area contributed by atoms with E-state index >= 15 is 0 Å². The summed E-state index contributed by atoms with van der Waals surface area (Å²) >= 11 is 0. The third-order valence-electron chi connectivity index (χ3n) is 2.84. The standard InChI is InChI=1S/C16H14N2O2/c1-18(14-7-5-6-13(10-14)11-17)16(19)12-20-15-8-3-2-4-9-15/h2-10H,12H2,1H3. The maximum Gasteiger partial charge on any atom is 0.264 e. The average molecular weight is 266 g/mol. The zero-order valence-electron chi connectivity index (χ0n) is 11.1. The number of para-hydroxylation sites is 1. The monoisotopic (exact) mass is 266 g/mol. The van der Waals surface area contributed by atoms with Gasteiger partial charge < -0.3 is 9.64 Å². The number of anilines is 1. The Morgan fingerprint density at radius 3 is 2.65 bits per heavy atom. The number of benzene rings is 2. The Hall–Kier alpha value is -2.80. The molecule has 0 N–H and O–H groups in total. The summed E-state index contributed by atoms with van der Waals surface area (Å²) in [6.45, 7) is -0.0444. The lowest BCUT2D eigenvalue weighted by Crippen LogP contribution is -2.31. The van der Waals surface area contributed by atoms with E-state index in [0.717, 1.165) is 0 Å². The molecule has 2 rings (SSSR count). The molecule has 20 heavy (non-hydrogen) atoms. The number of likely N-dealkylation sites (N-methyl/N-ethyl adjacent to an activating group) is 1. The molecule has 2 aromatic rings. The Kier molecular flexibility index (Phi) is 4.35. The molecule has 2 aromatic carbocycles. The highest BCUT2D eigenvalue weighted by molar-refractivity contribution is 5.94. The van der Waals surface area contributed by atoms with Crippen LogP contribution < -0.4 is 9.64 Å². The fraction of sp³-hybridized carbons (Fsp3) is 0.125. The van der Waals surface area contributed by atoms with Gasteiger partial charge >= 0.3 is 0 Å². The highest BCUT2D eigenvalue weighted by atomic mass is 16.5. The fourth-order valence-corrected chi connectivity index (χ4v) is 1.69. The number of carbonyl (C=O) groups excluding carboxylic acids is 1. The van der Waals surface area contributed by atoms with Gasteiger partial charge in [-0.3, -0.25) is 4.79 Å². The minimum Gasteiger partial charge on any atom is -0.484 e. The Morgan fingerprint density at radius 2 is 1.95 bits per heavy atom. The number of ether oxygens (including phenoxy) is 1. The van der Waals surface area contributed by atoms with Crippen molar-refractivity contribution in [3.63, 3.8) is 0 Å². The van der Waals surface area contributed by atoms with Gasteiger partial charge in [-0.1, -0.05) is 24.3 Å². The maximum atomic E-state index is 12.0. The van der Waals surface area contributed by atoms with Crippen LogP contribution in [0.15, 0.2) is 54.6 Å². The molecule has 0 aliphatic carbocycles. The van der Waals surface area contributed by atoms with Crippen LogP contribution in [0.3, 0.4) is 0 Å². The SMILES string of the molecule is CN(C(=O)COc1ccccc1)c1cccc(C#N)c1. The lowest BCUT2D eigenvalue weighted by atomic mass is 10.2. The van der Waals surface area contributed by atoms with Gasteiger partial charge in [-0.25, -0.2) is 0 Å². The first-order valence-corrected chi connectivity index (χ1v) is 6.15. The summed E-state index contributed by atoms with van der Waals surface area (Å²) < 4.78 is 5.41. The number of nitriles is 1. The predicted octanol–water partition coefficient (Wildman–Crippen LogP) is 2.60. The van der Waals surface area contributed by atoms with E-state index in [-0.39, 0.29) is 12.5 Å². The van der Waals surface area contributed by atoms with Gasteiger partial charge in [0.25, 0.3) is 5.91 Å². The highest BCUT2D eigenvalue weighted by Crippen LogP contribution is 2.15. The molecular formula is C16H14N2O2. The molecule has 0 saturated carbocycles. The number of hydrogen-bond donors (Lipinski definition) is 0. The van der Waals surface area contributed by atoms with Crippen molar-refractivity contribution >= 4 is 11.6 Å². The molecule has 0 aliphatic rings. The summed E-state index contributed by atoms with van der Waals surface area (Å²) in [6.07, 6.45) is 0. The number of carbonyl (C=O) groups is 1. The van der Waals surface area contributed by atoms with E-state index in [4.69, 9.17) is 10.00 Å². The lowest BCUT2D eigenvalue weighted by Gasteiger charge is -2.17. The molecule has 0 aliphatic heterocycles. The third kappa shape index (κ3) is 3.36. The van der Waals surface area contributed by atoms with Gasteiger partial charge in [0.2, 0.25) is 0 Å². The van der Waals surface area contributed by atoms with Crippen LogP contribution in [0.1, 0.15) is 5.56 Å². The van der Waals surface area contributed by atoms with Crippen LogP contribution in [0.5, 0.6) is 5.75 Å². The van der Waals surface area contributed by atoms with E-state index < -0.39 is 0 Å². The van der Waals surface area contributed by atoms with Gasteiger partial charge in [0.15, 0.2) is 6.61 Å². The number of amides is 1. The maximum absolute atomic E-state index is 12.0. The first-order chi connectivity index (χ1) is 9.70. The number of hydrogen-bond acceptors (Lipinski definition) is 3. The van der Waals surface area contributed by atoms with Crippen LogP contribution in [0.25, 0.3) is 0 Å². The van der Waals surface area contributed by atoms with Crippen molar-refractivity contribution in [1.29, 1.82) is 5.26 Å². The van der Waals surface area contributed by atoms with Crippen molar-refractivity contribution in [3.8, 4) is 11.8 Å². The van der Waals surface area contributed by atoms with Crippen molar-refractivity contribution < 1.29 is 9.53 Å². The minimum atomic E-state index is -0.177. The van der Waals surface area contributed by atoms with E-state index in [1.54, 1.807) is 43.4 Å². The molecule has 4 nitrogen and oxygen atoms in total. The molecular weight excluding hydrogens is 252 g/mol. The van der Waals surface area contributed by atoms with Crippen LogP contribution in [-0.2, 0) is 4.79 Å². The van der Waals surface area contributed by atoms with Gasteiger partial charge in [-0.2, -0.15) is 5.26 Å². The van der Waals surface area contributed by atoms with E-state index in [1.165, 1.54) is 4.90 Å². The Morgan fingerprint density at radius 1 is 1.20 bits per heavy atom. The van der Waals surface area contributed by atoms with E-state index in [0.29, 0.717) is 17.0 Å². The summed E-state index contributed by atoms with van der Waals surface area (Å²) in [4.78, 5) is 13.5. The molecule has 0 atom stereocenters. The van der Waals surface area contributed by atoms with Gasteiger partial charge in [0, 0.05) is 12.7 Å². The lowest BCUT2D eigenvalue weighted by molar-refractivity contribution is -0.120. The van der Waals surface area contributed by atoms with Crippen molar-refractivity contribution in [1.82, 2.24) is 0 Å². The van der Waals surface area contributed by atoms with E-state index in [9.17, 15) is 4.79 Å². The highest BCUT2D eigenvalue weighted by Gasteiger charge is 2.12. The number of nitrogens with zero attached hydrogens (tertiary/aromatic N) is 2. The van der Waals surface area contributed by atoms with Crippen molar-refractivity contribution in [2.24, 2.45) is 0 Å². The molecule has 0 saturated heterocycles. The van der Waals surface area contributed by atoms with Crippen LogP contribution in [0.2, 0.25) is 0 Å². The summed E-state index contributed by atoms with van der Waals surface area (Å²) in [6, 6.07) is 18.1. The smallest absolute Gasteiger partial charge is 0.264 e. The molecule has 0 spiro atoms. The van der Waals surface area contributed by atoms with Gasteiger partial charge in [0.05, 0.1) is 11.6 Å². The summed E-state index contributed by atoms with van der Waals surface area (Å²) in [5.74, 6) is 0.476. The first kappa shape index (κ1) is 13.6. The molecule has 0 heterocycles. The van der Waals surface area contributed by atoms with Crippen LogP contribution >= 0.6 is 0 Å². The second-order valence-electron chi connectivity index (χ2n) is 4.22. The third-order valence-corrected chi connectivity index (χ3v) is 2.84. The Bertz CT molecular complexity index is 632. The van der Waals surface area contributed by atoms with Gasteiger partial charge in [0.1, 0.15) is 5.75 Å². The summed E-state index contributed by atoms with van der Waals surface area (Å²) in [7, 11) is 1.66. The van der Waals surface area contributed by atoms with Crippen molar-refractivity contribution in [3.05, 3.63) is 60.2 Å². The fourth-order valence-electron chi connectivity index (χ4n) is 1.69. The molecule has 1 amide bonds. The van der Waals surface area contributed by atoms with Crippen LogP contribution in [0, 0.1) is 11.3 Å². The second-order valence-corrected chi connectivity index (χ2v) is 4.22. The molecule has 0 radical (unpaired) electrons. The molecule has 0 bridgehead atoms. The van der Waals surface area contributed by atoms with Crippen molar-refractivity contribution in [2.45, 2.75) is 0 Å². The topological polar surface area (TPSA) is 53.3 Å². The summed E-state index contributed by atoms with van der Waals surface area (Å²) in [5, 5.41) is 8.86. The van der Waals surface area contributed by atoms with Gasteiger partial charge in [-0.15, -0.1) is 0 Å². The molecule has 0 unspecified atom stereocenters. The minimum absolute atomic E-state index is 0.0444. The first-order valence-electron chi connectivity index (χ1n) is 6.15. The number of rotatable bonds is 4. The zero-order chi connectivity index (χ0) is 14.4. The van der Waals surface area contributed by atoms with Crippen LogP contribution in [0.4, 0.5) is 5.69 Å². The molecule has 4 heteroatoms. The summed E-state index contributed by atoms with van der Waals surface area (Å²) in [5.41, 5.74) is 1.19. The second kappa shape index (κ2) is 6.39. The van der Waals surface area contributed by atoms with Crippen LogP contribution in [-0.4, -0.2) is 19.6 Å². The molecule has 100 valence electrons. The van der Waals surface area contributed by atoms with Crippen molar-refractivity contribution in [2.75, 3.05) is 18.6 Å².